The molecule has 0 spiro atoms. The first kappa shape index (κ1) is 12.4. The third-order valence-corrected chi connectivity index (χ3v) is 3.83. The molecule has 1 aromatic carbocycles. The molecule has 2 N–H and O–H groups in total. The quantitative estimate of drug-likeness (QED) is 0.807. The fraction of sp³-hybridized carbons (Fsp3) is 0.600. The number of anilines is 1. The highest BCUT2D eigenvalue weighted by Gasteiger charge is 2.12. The maximum atomic E-state index is 5.71. The summed E-state index contributed by atoms with van der Waals surface area (Å²) in [6.45, 7) is 6.16. The van der Waals surface area contributed by atoms with Gasteiger partial charge in [-0.1, -0.05) is 25.5 Å². The van der Waals surface area contributed by atoms with Gasteiger partial charge in [0, 0.05) is 5.69 Å². The van der Waals surface area contributed by atoms with E-state index in [1.54, 1.807) is 0 Å². The van der Waals surface area contributed by atoms with Gasteiger partial charge in [0.1, 0.15) is 0 Å². The highest BCUT2D eigenvalue weighted by atomic mass is 15.1. The molecule has 2 rings (SSSR count). The number of benzene rings is 1. The summed E-state index contributed by atoms with van der Waals surface area (Å²) in [5, 5.41) is 0. The van der Waals surface area contributed by atoms with E-state index < -0.39 is 0 Å². The number of nitrogens with two attached hydrogens (primary N) is 1. The van der Waals surface area contributed by atoms with Crippen LogP contribution >= 0.6 is 0 Å². The molecule has 94 valence electrons. The highest BCUT2D eigenvalue weighted by Crippen LogP contribution is 2.21. The van der Waals surface area contributed by atoms with Crippen LogP contribution in [-0.4, -0.2) is 24.5 Å². The van der Waals surface area contributed by atoms with Crippen molar-refractivity contribution in [3.8, 4) is 0 Å². The number of nitrogens with zero attached hydrogens (tertiary/aromatic N) is 1. The van der Waals surface area contributed by atoms with E-state index in [-0.39, 0.29) is 0 Å². The fourth-order valence-electron chi connectivity index (χ4n) is 2.55. The lowest BCUT2D eigenvalue weighted by Crippen LogP contribution is -2.31. The third kappa shape index (κ3) is 3.74. The minimum Gasteiger partial charge on any atom is -0.399 e. The molecular weight excluding hydrogens is 208 g/mol. The van der Waals surface area contributed by atoms with Crippen LogP contribution in [-0.2, 0) is 0 Å². The SMILES string of the molecule is CC(CCN1CCCCC1)c1ccc(N)cc1. The zero-order valence-electron chi connectivity index (χ0n) is 10.9. The van der Waals surface area contributed by atoms with Crippen molar-refractivity contribution in [1.82, 2.24) is 4.90 Å². The van der Waals surface area contributed by atoms with Crippen LogP contribution < -0.4 is 5.73 Å². The van der Waals surface area contributed by atoms with Crippen LogP contribution in [0.2, 0.25) is 0 Å². The Bertz CT molecular complexity index is 325. The van der Waals surface area contributed by atoms with Gasteiger partial charge < -0.3 is 10.6 Å². The standard InChI is InChI=1S/C15H24N2/c1-13(14-5-7-15(16)8-6-14)9-12-17-10-3-2-4-11-17/h5-8,13H,2-4,9-12,16H2,1H3. The largest absolute Gasteiger partial charge is 0.399 e. The molecule has 0 radical (unpaired) electrons. The molecule has 2 nitrogen and oxygen atoms in total. The Labute approximate surface area is 105 Å². The van der Waals surface area contributed by atoms with Crippen molar-refractivity contribution in [2.24, 2.45) is 0 Å². The van der Waals surface area contributed by atoms with Crippen molar-refractivity contribution in [2.75, 3.05) is 25.4 Å². The predicted molar refractivity (Wildman–Crippen MR) is 74.2 cm³/mol. The molecule has 1 aliphatic rings. The van der Waals surface area contributed by atoms with Gasteiger partial charge in [0.2, 0.25) is 0 Å². The molecule has 0 aliphatic carbocycles. The van der Waals surface area contributed by atoms with Gasteiger partial charge in [-0.3, -0.25) is 0 Å². The minimum absolute atomic E-state index is 0.637. The van der Waals surface area contributed by atoms with Crippen molar-refractivity contribution in [3.05, 3.63) is 29.8 Å². The van der Waals surface area contributed by atoms with Crippen molar-refractivity contribution in [1.29, 1.82) is 0 Å². The van der Waals surface area contributed by atoms with E-state index in [0.29, 0.717) is 5.92 Å². The van der Waals surface area contributed by atoms with E-state index in [1.165, 1.54) is 50.9 Å². The lowest BCUT2D eigenvalue weighted by Gasteiger charge is -2.27. The molecule has 1 fully saturated rings. The van der Waals surface area contributed by atoms with Crippen molar-refractivity contribution in [3.63, 3.8) is 0 Å². The maximum absolute atomic E-state index is 5.71. The normalized spacial score (nSPS) is 19.1. The molecule has 0 bridgehead atoms. The number of hydrogen-bond acceptors (Lipinski definition) is 2. The van der Waals surface area contributed by atoms with E-state index in [2.05, 4.69) is 24.0 Å². The Morgan fingerprint density at radius 2 is 1.76 bits per heavy atom. The zero-order valence-corrected chi connectivity index (χ0v) is 10.9. The summed E-state index contributed by atoms with van der Waals surface area (Å²) < 4.78 is 0. The smallest absolute Gasteiger partial charge is 0.0314 e. The average Bonchev–Trinajstić information content (AvgIpc) is 2.38. The first-order valence-corrected chi connectivity index (χ1v) is 6.83. The molecule has 2 heteroatoms. The fourth-order valence-corrected chi connectivity index (χ4v) is 2.55. The molecular formula is C15H24N2. The van der Waals surface area contributed by atoms with Gasteiger partial charge in [-0.05, 0) is 62.5 Å². The number of rotatable bonds is 4. The second-order valence-electron chi connectivity index (χ2n) is 5.26. The second-order valence-corrected chi connectivity index (χ2v) is 5.26. The summed E-state index contributed by atoms with van der Waals surface area (Å²) in [7, 11) is 0. The molecule has 1 unspecified atom stereocenters. The van der Waals surface area contributed by atoms with Gasteiger partial charge in [0.15, 0.2) is 0 Å². The predicted octanol–water partition coefficient (Wildman–Crippen LogP) is 3.25. The van der Waals surface area contributed by atoms with Crippen LogP contribution in [0, 0.1) is 0 Å². The van der Waals surface area contributed by atoms with Gasteiger partial charge in [-0.15, -0.1) is 0 Å². The molecule has 1 heterocycles. The lowest BCUT2D eigenvalue weighted by atomic mass is 9.97. The molecule has 0 amide bonds. The topological polar surface area (TPSA) is 29.3 Å². The highest BCUT2D eigenvalue weighted by molar-refractivity contribution is 5.40. The zero-order chi connectivity index (χ0) is 12.1. The van der Waals surface area contributed by atoms with Gasteiger partial charge >= 0.3 is 0 Å². The number of hydrogen-bond donors (Lipinski definition) is 1. The van der Waals surface area contributed by atoms with Crippen LogP contribution in [0.15, 0.2) is 24.3 Å². The third-order valence-electron chi connectivity index (χ3n) is 3.83. The minimum atomic E-state index is 0.637. The van der Waals surface area contributed by atoms with Crippen LogP contribution in [0.3, 0.4) is 0 Å². The monoisotopic (exact) mass is 232 g/mol. The van der Waals surface area contributed by atoms with Gasteiger partial charge in [0.25, 0.3) is 0 Å². The van der Waals surface area contributed by atoms with Crippen LogP contribution in [0.5, 0.6) is 0 Å². The Balaban J connectivity index is 1.80. The van der Waals surface area contributed by atoms with Crippen molar-refractivity contribution < 1.29 is 0 Å². The van der Waals surface area contributed by atoms with Crippen LogP contribution in [0.1, 0.15) is 44.1 Å². The Morgan fingerprint density at radius 3 is 2.41 bits per heavy atom. The molecule has 17 heavy (non-hydrogen) atoms. The molecule has 1 aliphatic heterocycles. The first-order valence-electron chi connectivity index (χ1n) is 6.83. The summed E-state index contributed by atoms with van der Waals surface area (Å²) in [5.41, 5.74) is 7.98. The Hall–Kier alpha value is -1.02. The number of nitrogen functional groups attached to an aromatic ring is 1. The summed E-state index contributed by atoms with van der Waals surface area (Å²) >= 11 is 0. The van der Waals surface area contributed by atoms with Gasteiger partial charge in [-0.2, -0.15) is 0 Å². The molecule has 0 saturated carbocycles. The maximum Gasteiger partial charge on any atom is 0.0314 e. The Morgan fingerprint density at radius 1 is 1.12 bits per heavy atom. The van der Waals surface area contributed by atoms with Gasteiger partial charge in [-0.25, -0.2) is 0 Å². The molecule has 1 atom stereocenters. The molecule has 1 aromatic rings. The van der Waals surface area contributed by atoms with Crippen molar-refractivity contribution in [2.45, 2.75) is 38.5 Å². The molecule has 0 aromatic heterocycles. The summed E-state index contributed by atoms with van der Waals surface area (Å²) in [6, 6.07) is 8.34. The number of likely N-dealkylation sites (tertiary alicyclic amines) is 1. The summed E-state index contributed by atoms with van der Waals surface area (Å²) in [4.78, 5) is 2.61. The lowest BCUT2D eigenvalue weighted by molar-refractivity contribution is 0.222. The first-order chi connectivity index (χ1) is 8.25. The van der Waals surface area contributed by atoms with E-state index in [4.69, 9.17) is 5.73 Å². The van der Waals surface area contributed by atoms with Crippen molar-refractivity contribution >= 4 is 5.69 Å². The second kappa shape index (κ2) is 6.06. The summed E-state index contributed by atoms with van der Waals surface area (Å²) in [5.74, 6) is 0.637. The van der Waals surface area contributed by atoms with Crippen LogP contribution in [0.25, 0.3) is 0 Å². The van der Waals surface area contributed by atoms with Crippen LogP contribution in [0.4, 0.5) is 5.69 Å². The van der Waals surface area contributed by atoms with E-state index in [0.717, 1.165) is 5.69 Å². The Kier molecular flexibility index (Phi) is 4.43. The van der Waals surface area contributed by atoms with Gasteiger partial charge in [0.05, 0.1) is 0 Å². The average molecular weight is 232 g/mol. The molecule has 1 saturated heterocycles. The summed E-state index contributed by atoms with van der Waals surface area (Å²) in [6.07, 6.45) is 5.44. The van der Waals surface area contributed by atoms with E-state index in [1.807, 2.05) is 12.1 Å². The number of piperidine rings is 1. The van der Waals surface area contributed by atoms with E-state index >= 15 is 0 Å². The van der Waals surface area contributed by atoms with E-state index in [9.17, 15) is 0 Å².